The highest BCUT2D eigenvalue weighted by Crippen LogP contribution is 2.40. The summed E-state index contributed by atoms with van der Waals surface area (Å²) in [6.07, 6.45) is -1.77. The first-order valence-electron chi connectivity index (χ1n) is 17.7. The van der Waals surface area contributed by atoms with Gasteiger partial charge in [-0.05, 0) is 25.0 Å². The van der Waals surface area contributed by atoms with Crippen molar-refractivity contribution in [2.75, 3.05) is 23.9 Å². The molecule has 2 fully saturated rings. The van der Waals surface area contributed by atoms with Gasteiger partial charge in [-0.3, -0.25) is 43.2 Å². The van der Waals surface area contributed by atoms with E-state index in [-0.39, 0.29) is 30.3 Å². The number of nitrogens with two attached hydrogens (primary N) is 2. The van der Waals surface area contributed by atoms with E-state index >= 15 is 0 Å². The van der Waals surface area contributed by atoms with E-state index in [9.17, 15) is 58.2 Å². The highest BCUT2D eigenvalue weighted by atomic mass is 33.1. The maximum Gasteiger partial charge on any atom is 0.327 e. The zero-order valence-corrected chi connectivity index (χ0v) is 34.2. The van der Waals surface area contributed by atoms with Crippen LogP contribution in [-0.4, -0.2) is 139 Å². The molecule has 318 valence electrons. The molecule has 24 heteroatoms. The summed E-state index contributed by atoms with van der Waals surface area (Å²) in [5.74, 6) is -10.9. The van der Waals surface area contributed by atoms with Crippen LogP contribution in [0, 0.1) is 0 Å². The first-order valence-corrected chi connectivity index (χ1v) is 21.1. The molecule has 6 atom stereocenters. The van der Waals surface area contributed by atoms with Gasteiger partial charge in [-0.1, -0.05) is 45.9 Å². The van der Waals surface area contributed by atoms with Crippen LogP contribution in [-0.2, 0) is 60.9 Å². The van der Waals surface area contributed by atoms with Crippen molar-refractivity contribution in [3.63, 3.8) is 0 Å². The molecule has 21 nitrogen and oxygen atoms in total. The molecular weight excluding hydrogens is 823 g/mol. The monoisotopic (exact) mass is 869 g/mol. The van der Waals surface area contributed by atoms with Crippen molar-refractivity contribution in [3.05, 3.63) is 35.4 Å². The Hall–Kier alpha value is -5.07. The Morgan fingerprint density at radius 2 is 1.45 bits per heavy atom. The highest BCUT2D eigenvalue weighted by Gasteiger charge is 2.50. The van der Waals surface area contributed by atoms with Crippen LogP contribution in [0.15, 0.2) is 24.3 Å². The van der Waals surface area contributed by atoms with Gasteiger partial charge in [0.15, 0.2) is 0 Å². The molecular formula is C34H47N9O12S3. The van der Waals surface area contributed by atoms with Crippen LogP contribution >= 0.6 is 33.3 Å². The molecule has 0 saturated carbocycles. The van der Waals surface area contributed by atoms with E-state index in [1.807, 2.05) is 0 Å². The van der Waals surface area contributed by atoms with Crippen molar-refractivity contribution in [1.29, 1.82) is 0 Å². The summed E-state index contributed by atoms with van der Waals surface area (Å²) < 4.78 is -0.989. The number of nitrogens with zero attached hydrogens (tertiary/aromatic N) is 1. The van der Waals surface area contributed by atoms with Crippen molar-refractivity contribution >= 4 is 92.5 Å². The van der Waals surface area contributed by atoms with Crippen LogP contribution < -0.4 is 43.4 Å². The van der Waals surface area contributed by atoms with E-state index < -0.39 is 120 Å². The second-order valence-electron chi connectivity index (χ2n) is 13.8. The number of carbonyl (C=O) groups is 10. The fourth-order valence-corrected chi connectivity index (χ4v) is 9.28. The maximum atomic E-state index is 14.2. The molecule has 0 aromatic heterocycles. The summed E-state index contributed by atoms with van der Waals surface area (Å²) in [7, 11) is 1.77. The molecule has 3 rings (SSSR count). The third kappa shape index (κ3) is 14.1. The normalized spacial score (nSPS) is 25.5. The third-order valence-electron chi connectivity index (χ3n) is 8.74. The Morgan fingerprint density at radius 1 is 0.828 bits per heavy atom. The quantitative estimate of drug-likeness (QED) is 0.109. The first-order chi connectivity index (χ1) is 27.2. The SMILES string of the molecule is CC(=O)N[C@H]1CSSC[C@@H](C(=O)O)NC(=O)[C@H](CC(=O)O)NC(=O)CNC(=O)C(Cc2ccc(CN)cc2)NC(=O)[C@H]2N(CSC2(C)C)C(=O)[C@H](CC(N)=O)NC1=O. The molecule has 0 spiro atoms. The predicted octanol–water partition coefficient (Wildman–Crippen LogP) is -3.24. The zero-order valence-electron chi connectivity index (χ0n) is 31.7. The second kappa shape index (κ2) is 21.6. The van der Waals surface area contributed by atoms with Gasteiger partial charge in [-0.25, -0.2) is 4.79 Å². The lowest BCUT2D eigenvalue weighted by Crippen LogP contribution is -2.61. The molecule has 2 saturated heterocycles. The minimum Gasteiger partial charge on any atom is -0.481 e. The maximum absolute atomic E-state index is 14.2. The molecule has 2 aliphatic heterocycles. The highest BCUT2D eigenvalue weighted by molar-refractivity contribution is 8.76. The number of hydrogen-bond acceptors (Lipinski definition) is 14. The van der Waals surface area contributed by atoms with Crippen LogP contribution in [0.4, 0.5) is 0 Å². The lowest BCUT2D eigenvalue weighted by molar-refractivity contribution is -0.144. The number of carboxylic acids is 2. The summed E-state index contributed by atoms with van der Waals surface area (Å²) >= 11 is 1.20. The molecule has 0 aliphatic carbocycles. The number of carbonyl (C=O) groups excluding carboxylic acids is 8. The molecule has 1 unspecified atom stereocenters. The number of nitrogens with one attached hydrogen (secondary N) is 6. The van der Waals surface area contributed by atoms with Crippen LogP contribution in [0.5, 0.6) is 0 Å². The molecule has 8 amide bonds. The Balaban J connectivity index is 2.07. The van der Waals surface area contributed by atoms with Gasteiger partial charge in [0.2, 0.25) is 47.3 Å². The minimum atomic E-state index is -1.77. The fourth-order valence-electron chi connectivity index (χ4n) is 5.82. The smallest absolute Gasteiger partial charge is 0.327 e. The average molecular weight is 870 g/mol. The summed E-state index contributed by atoms with van der Waals surface area (Å²) in [5, 5.41) is 33.5. The van der Waals surface area contributed by atoms with E-state index in [1.54, 1.807) is 38.1 Å². The number of fused-ring (bicyclic) bond motifs is 1. The first kappa shape index (κ1) is 47.3. The van der Waals surface area contributed by atoms with Crippen LogP contribution in [0.1, 0.15) is 44.7 Å². The third-order valence-corrected chi connectivity index (χ3v) is 12.5. The second-order valence-corrected chi connectivity index (χ2v) is 17.9. The molecule has 12 N–H and O–H groups in total. The lowest BCUT2D eigenvalue weighted by atomic mass is 9.98. The van der Waals surface area contributed by atoms with Gasteiger partial charge in [0.05, 0.1) is 25.3 Å². The summed E-state index contributed by atoms with van der Waals surface area (Å²) in [4.78, 5) is 131. The van der Waals surface area contributed by atoms with Crippen LogP contribution in [0.3, 0.4) is 0 Å². The number of carboxylic acid groups (broad SMARTS) is 2. The zero-order chi connectivity index (χ0) is 43.3. The van der Waals surface area contributed by atoms with Gasteiger partial charge in [-0.2, -0.15) is 0 Å². The van der Waals surface area contributed by atoms with Gasteiger partial charge < -0.3 is 58.5 Å². The summed E-state index contributed by atoms with van der Waals surface area (Å²) in [5.41, 5.74) is 12.5. The number of thioether (sulfide) groups is 1. The molecule has 0 bridgehead atoms. The van der Waals surface area contributed by atoms with Gasteiger partial charge in [-0.15, -0.1) is 11.8 Å². The van der Waals surface area contributed by atoms with Crippen molar-refractivity contribution in [2.45, 2.75) is 87.6 Å². The standard InChI is InChI=1S/C34H47N9O12S3/c1-16(44)38-22-13-57-58-14-23(33(54)55)42-29(50)20(10-26(47)48)39-25(46)12-37-28(49)19(8-17-4-6-18(11-35)7-5-17)40-31(52)27-34(2,3)56-15-43(27)32(53)21(9-24(36)45)41-30(22)51/h4-7,19-23,27H,8-15,35H2,1-3H3,(H2,36,45)(H,37,49)(H,38,44)(H,39,46)(H,40,52)(H,41,51)(H,42,50)(H,47,48)(H,54,55)/t19?,20-,21-,22-,23-,27+/m0/s1. The molecule has 1 aromatic carbocycles. The largest absolute Gasteiger partial charge is 0.481 e. The molecule has 2 heterocycles. The number of aliphatic carboxylic acids is 2. The predicted molar refractivity (Wildman–Crippen MR) is 212 cm³/mol. The van der Waals surface area contributed by atoms with Crippen LogP contribution in [0.25, 0.3) is 0 Å². The Bertz CT molecular complexity index is 1770. The average Bonchev–Trinajstić information content (AvgIpc) is 3.46. The number of primary amides is 1. The molecule has 0 radical (unpaired) electrons. The number of amides is 8. The van der Waals surface area contributed by atoms with Gasteiger partial charge in [0.1, 0.15) is 36.3 Å². The van der Waals surface area contributed by atoms with E-state index in [4.69, 9.17) is 11.5 Å². The Labute approximate surface area is 344 Å². The van der Waals surface area contributed by atoms with E-state index in [2.05, 4.69) is 31.9 Å². The minimum absolute atomic E-state index is 0.0801. The summed E-state index contributed by atoms with van der Waals surface area (Å²) in [6.45, 7) is 3.91. The van der Waals surface area contributed by atoms with Gasteiger partial charge in [0.25, 0.3) is 0 Å². The topological polar surface area (TPSA) is 339 Å². The lowest BCUT2D eigenvalue weighted by Gasteiger charge is -2.33. The van der Waals surface area contributed by atoms with Crippen LogP contribution in [0.2, 0.25) is 0 Å². The molecule has 2 aliphatic rings. The van der Waals surface area contributed by atoms with E-state index in [0.717, 1.165) is 39.0 Å². The van der Waals surface area contributed by atoms with Crippen molar-refractivity contribution < 1.29 is 58.2 Å². The fraction of sp³-hybridized carbons (Fsp3) is 0.529. The molecule has 58 heavy (non-hydrogen) atoms. The number of rotatable bonds is 9. The van der Waals surface area contributed by atoms with Gasteiger partial charge >= 0.3 is 11.9 Å². The van der Waals surface area contributed by atoms with Crippen molar-refractivity contribution in [1.82, 2.24) is 36.8 Å². The van der Waals surface area contributed by atoms with Crippen molar-refractivity contribution in [2.24, 2.45) is 11.5 Å². The van der Waals surface area contributed by atoms with E-state index in [1.165, 1.54) is 11.8 Å². The Morgan fingerprint density at radius 3 is 2.03 bits per heavy atom. The number of hydrogen-bond donors (Lipinski definition) is 10. The van der Waals surface area contributed by atoms with Crippen molar-refractivity contribution in [3.8, 4) is 0 Å². The number of benzene rings is 1. The van der Waals surface area contributed by atoms with E-state index in [0.29, 0.717) is 5.56 Å². The Kier molecular flexibility index (Phi) is 17.6. The van der Waals surface area contributed by atoms with Gasteiger partial charge in [0, 0.05) is 36.1 Å². The summed E-state index contributed by atoms with van der Waals surface area (Å²) in [6, 6.07) is -2.24. The molecule has 1 aromatic rings.